The second-order valence-corrected chi connectivity index (χ2v) is 3.58. The summed E-state index contributed by atoms with van der Waals surface area (Å²) in [6.07, 6.45) is 6.28. The molecule has 0 amide bonds. The van der Waals surface area contributed by atoms with Crippen LogP contribution in [0.1, 0.15) is 32.6 Å². The van der Waals surface area contributed by atoms with Crippen LogP contribution in [0.4, 0.5) is 0 Å². The molecule has 0 aliphatic rings. The van der Waals surface area contributed by atoms with Gasteiger partial charge in [0.25, 0.3) is 0 Å². The van der Waals surface area contributed by atoms with Crippen molar-refractivity contribution in [3.63, 3.8) is 0 Å². The molecule has 0 radical (unpaired) electrons. The fourth-order valence-electron chi connectivity index (χ4n) is 1.34. The van der Waals surface area contributed by atoms with Crippen LogP contribution in [0.5, 0.6) is 5.75 Å². The summed E-state index contributed by atoms with van der Waals surface area (Å²) in [7, 11) is 0. The minimum absolute atomic E-state index is 0.244. The molecular formula is C11H18N2O3. The second-order valence-electron chi connectivity index (χ2n) is 3.58. The van der Waals surface area contributed by atoms with Crippen molar-refractivity contribution in [1.29, 1.82) is 0 Å². The molecule has 1 N–H and O–H groups in total. The Morgan fingerprint density at radius 3 is 2.94 bits per heavy atom. The van der Waals surface area contributed by atoms with E-state index in [9.17, 15) is 4.79 Å². The van der Waals surface area contributed by atoms with E-state index in [0.29, 0.717) is 13.0 Å². The van der Waals surface area contributed by atoms with E-state index in [0.717, 1.165) is 25.1 Å². The lowest BCUT2D eigenvalue weighted by Crippen LogP contribution is -1.98. The average Bonchev–Trinajstić information content (AvgIpc) is 2.70. The Labute approximate surface area is 95.0 Å². The lowest BCUT2D eigenvalue weighted by Gasteiger charge is -2.02. The lowest BCUT2D eigenvalue weighted by atomic mass is 10.2. The van der Waals surface area contributed by atoms with Gasteiger partial charge in [-0.15, -0.1) is 0 Å². The molecule has 0 aromatic carbocycles. The van der Waals surface area contributed by atoms with Gasteiger partial charge in [-0.25, -0.2) is 0 Å². The van der Waals surface area contributed by atoms with Gasteiger partial charge in [-0.05, 0) is 26.2 Å². The van der Waals surface area contributed by atoms with Crippen LogP contribution in [0.3, 0.4) is 0 Å². The summed E-state index contributed by atoms with van der Waals surface area (Å²) in [6.45, 7) is 3.47. The molecule has 0 aliphatic carbocycles. The first-order chi connectivity index (χ1) is 7.72. The Balaban J connectivity index is 2.04. The molecular weight excluding hydrogens is 208 g/mol. The number of ether oxygens (including phenoxy) is 1. The zero-order chi connectivity index (χ0) is 11.8. The van der Waals surface area contributed by atoms with Crippen LogP contribution in [0, 0.1) is 0 Å². The van der Waals surface area contributed by atoms with E-state index in [1.165, 1.54) is 0 Å². The van der Waals surface area contributed by atoms with Gasteiger partial charge in [-0.2, -0.15) is 5.10 Å². The highest BCUT2D eigenvalue weighted by Crippen LogP contribution is 2.09. The number of hydrogen-bond acceptors (Lipinski definition) is 3. The largest absolute Gasteiger partial charge is 0.490 e. The summed E-state index contributed by atoms with van der Waals surface area (Å²) >= 11 is 0. The highest BCUT2D eigenvalue weighted by molar-refractivity contribution is 5.66. The summed E-state index contributed by atoms with van der Waals surface area (Å²) in [5, 5.41) is 12.5. The van der Waals surface area contributed by atoms with Gasteiger partial charge in [0, 0.05) is 13.0 Å². The topological polar surface area (TPSA) is 64.3 Å². The van der Waals surface area contributed by atoms with Gasteiger partial charge in [0.15, 0.2) is 5.75 Å². The number of aryl methyl sites for hydroxylation is 1. The molecule has 90 valence electrons. The van der Waals surface area contributed by atoms with Crippen LogP contribution in [0.2, 0.25) is 0 Å². The van der Waals surface area contributed by atoms with Crippen molar-refractivity contribution in [2.24, 2.45) is 0 Å². The van der Waals surface area contributed by atoms with Gasteiger partial charge < -0.3 is 9.84 Å². The lowest BCUT2D eigenvalue weighted by molar-refractivity contribution is -0.137. The van der Waals surface area contributed by atoms with E-state index in [4.69, 9.17) is 9.84 Å². The first-order valence-electron chi connectivity index (χ1n) is 5.59. The molecule has 0 atom stereocenters. The van der Waals surface area contributed by atoms with Crippen molar-refractivity contribution in [2.75, 3.05) is 6.61 Å². The van der Waals surface area contributed by atoms with Crippen molar-refractivity contribution >= 4 is 5.97 Å². The van der Waals surface area contributed by atoms with Crippen molar-refractivity contribution in [3.8, 4) is 5.75 Å². The molecule has 0 spiro atoms. The summed E-state index contributed by atoms with van der Waals surface area (Å²) in [5.41, 5.74) is 0. The van der Waals surface area contributed by atoms with Gasteiger partial charge in [0.05, 0.1) is 19.0 Å². The Bertz CT molecular complexity index is 323. The van der Waals surface area contributed by atoms with Crippen molar-refractivity contribution < 1.29 is 14.6 Å². The maximum Gasteiger partial charge on any atom is 0.303 e. The maximum atomic E-state index is 10.2. The monoisotopic (exact) mass is 226 g/mol. The highest BCUT2D eigenvalue weighted by Gasteiger charge is 1.99. The number of carboxylic acids is 1. The first kappa shape index (κ1) is 12.5. The summed E-state index contributed by atoms with van der Waals surface area (Å²) in [4.78, 5) is 10.2. The zero-order valence-electron chi connectivity index (χ0n) is 9.56. The number of rotatable bonds is 8. The maximum absolute atomic E-state index is 10.2. The summed E-state index contributed by atoms with van der Waals surface area (Å²) in [5.74, 6) is 0.0465. The molecule has 1 rings (SSSR count). The molecule has 0 saturated carbocycles. The average molecular weight is 226 g/mol. The highest BCUT2D eigenvalue weighted by atomic mass is 16.5. The van der Waals surface area contributed by atoms with Gasteiger partial charge in [-0.1, -0.05) is 0 Å². The van der Waals surface area contributed by atoms with E-state index in [1.54, 1.807) is 10.9 Å². The van der Waals surface area contributed by atoms with Crippen molar-refractivity contribution in [1.82, 2.24) is 9.78 Å². The SMILES string of the molecule is CCn1cc(OCCCCCC(=O)O)cn1. The minimum atomic E-state index is -0.731. The third-order valence-electron chi connectivity index (χ3n) is 2.24. The number of unbranched alkanes of at least 4 members (excludes halogenated alkanes) is 2. The molecule has 5 nitrogen and oxygen atoms in total. The molecule has 0 fully saturated rings. The molecule has 0 saturated heterocycles. The molecule has 16 heavy (non-hydrogen) atoms. The van der Waals surface area contributed by atoms with E-state index in [2.05, 4.69) is 5.10 Å². The van der Waals surface area contributed by atoms with E-state index in [-0.39, 0.29) is 6.42 Å². The Morgan fingerprint density at radius 2 is 2.31 bits per heavy atom. The summed E-state index contributed by atoms with van der Waals surface area (Å²) in [6, 6.07) is 0. The Morgan fingerprint density at radius 1 is 1.50 bits per heavy atom. The van der Waals surface area contributed by atoms with Crippen LogP contribution >= 0.6 is 0 Å². The normalized spacial score (nSPS) is 10.3. The molecule has 1 aromatic heterocycles. The zero-order valence-corrected chi connectivity index (χ0v) is 9.56. The van der Waals surface area contributed by atoms with Crippen LogP contribution in [-0.2, 0) is 11.3 Å². The predicted molar refractivity (Wildman–Crippen MR) is 59.5 cm³/mol. The summed E-state index contributed by atoms with van der Waals surface area (Å²) < 4.78 is 7.27. The van der Waals surface area contributed by atoms with Crippen molar-refractivity contribution in [2.45, 2.75) is 39.2 Å². The number of nitrogens with zero attached hydrogens (tertiary/aromatic N) is 2. The number of carbonyl (C=O) groups is 1. The molecule has 1 aromatic rings. The van der Waals surface area contributed by atoms with Gasteiger partial charge >= 0.3 is 5.97 Å². The molecule has 0 aliphatic heterocycles. The van der Waals surface area contributed by atoms with Crippen LogP contribution in [0.25, 0.3) is 0 Å². The minimum Gasteiger partial charge on any atom is -0.490 e. The van der Waals surface area contributed by atoms with Crippen LogP contribution < -0.4 is 4.74 Å². The van der Waals surface area contributed by atoms with E-state index in [1.807, 2.05) is 13.1 Å². The van der Waals surface area contributed by atoms with Crippen LogP contribution in [0.15, 0.2) is 12.4 Å². The van der Waals surface area contributed by atoms with E-state index >= 15 is 0 Å². The quantitative estimate of drug-likeness (QED) is 0.688. The Kier molecular flexibility index (Phi) is 5.39. The smallest absolute Gasteiger partial charge is 0.303 e. The number of aromatic nitrogens is 2. The molecule has 1 heterocycles. The van der Waals surface area contributed by atoms with Gasteiger partial charge in [0.2, 0.25) is 0 Å². The number of hydrogen-bond donors (Lipinski definition) is 1. The second kappa shape index (κ2) is 6.87. The van der Waals surface area contributed by atoms with E-state index < -0.39 is 5.97 Å². The standard InChI is InChI=1S/C11H18N2O3/c1-2-13-9-10(8-12-13)16-7-5-3-4-6-11(14)15/h8-9H,2-7H2,1H3,(H,14,15). The predicted octanol–water partition coefficient (Wildman–Crippen LogP) is 1.93. The number of aliphatic carboxylic acids is 1. The molecule has 0 unspecified atom stereocenters. The fraction of sp³-hybridized carbons (Fsp3) is 0.636. The fourth-order valence-corrected chi connectivity index (χ4v) is 1.34. The van der Waals surface area contributed by atoms with Crippen molar-refractivity contribution in [3.05, 3.63) is 12.4 Å². The molecule has 5 heteroatoms. The van der Waals surface area contributed by atoms with Gasteiger partial charge in [-0.3, -0.25) is 9.48 Å². The third kappa shape index (κ3) is 4.82. The first-order valence-corrected chi connectivity index (χ1v) is 5.59. The van der Waals surface area contributed by atoms with Crippen LogP contribution in [-0.4, -0.2) is 27.5 Å². The Hall–Kier alpha value is -1.52. The molecule has 0 bridgehead atoms. The number of carboxylic acid groups (broad SMARTS) is 1. The van der Waals surface area contributed by atoms with Gasteiger partial charge in [0.1, 0.15) is 0 Å². The third-order valence-corrected chi connectivity index (χ3v) is 2.24.